The molecule has 2 rings (SSSR count). The molecular weight excluding hydrogens is 363 g/mol. The van der Waals surface area contributed by atoms with Crippen LogP contribution in [0.1, 0.15) is 13.8 Å². The Morgan fingerprint density at radius 1 is 0.739 bits per heavy atom. The number of nitrogens with one attached hydrogen (secondary N) is 2. The van der Waals surface area contributed by atoms with Crippen molar-refractivity contribution >= 4 is 38.8 Å². The van der Waals surface area contributed by atoms with Crippen LogP contribution in [0.4, 0.5) is 11.4 Å². The molecule has 0 atom stereocenters. The predicted octanol–water partition coefficient (Wildman–Crippen LogP) is 2.60. The van der Waals surface area contributed by atoms with E-state index < -0.39 is 15.6 Å². The average molecular weight is 379 g/mol. The van der Waals surface area contributed by atoms with Gasteiger partial charge in [0.1, 0.15) is 0 Å². The Kier molecular flexibility index (Phi) is 6.02. The first-order valence-electron chi connectivity index (χ1n) is 6.79. The van der Waals surface area contributed by atoms with Crippen LogP contribution in [0.2, 0.25) is 0 Å². The van der Waals surface area contributed by atoms with Crippen molar-refractivity contribution in [2.45, 2.75) is 13.8 Å². The van der Waals surface area contributed by atoms with Gasteiger partial charge in [-0.2, -0.15) is 0 Å². The summed E-state index contributed by atoms with van der Waals surface area (Å²) in [7, 11) is 0. The molecule has 0 aliphatic heterocycles. The van der Waals surface area contributed by atoms with E-state index in [1.807, 2.05) is 0 Å². The molecule has 7 heteroatoms. The predicted molar refractivity (Wildman–Crippen MR) is 88.5 cm³/mol. The summed E-state index contributed by atoms with van der Waals surface area (Å²) in [5.74, 6) is 1.09. The van der Waals surface area contributed by atoms with E-state index in [0.717, 1.165) is 0 Å². The maximum absolute atomic E-state index is 10.9. The van der Waals surface area contributed by atoms with Crippen LogP contribution >= 0.6 is 0 Å². The molecule has 0 aliphatic carbocycles. The summed E-state index contributed by atoms with van der Waals surface area (Å²) in [4.78, 5) is 21.9. The first-order chi connectivity index (χ1) is 11.0. The van der Waals surface area contributed by atoms with Gasteiger partial charge in [-0.25, -0.2) is 0 Å². The number of hydrogen-bond acceptors (Lipinski definition) is 4. The Balaban J connectivity index is 1.80. The summed E-state index contributed by atoms with van der Waals surface area (Å²) in [5, 5.41) is 5.36. The molecule has 0 unspecified atom stereocenters. The molecule has 2 aromatic rings. The average Bonchev–Trinajstić information content (AvgIpc) is 2.50. The molecule has 2 amide bonds. The van der Waals surface area contributed by atoms with Crippen LogP contribution in [-0.2, 0) is 9.59 Å². The second-order valence-corrected chi connectivity index (χ2v) is 5.63. The molecule has 0 aliphatic rings. The van der Waals surface area contributed by atoms with Crippen molar-refractivity contribution in [2.24, 2.45) is 0 Å². The van der Waals surface area contributed by atoms with Gasteiger partial charge >= 0.3 is 141 Å². The van der Waals surface area contributed by atoms with Crippen molar-refractivity contribution in [1.29, 1.82) is 0 Å². The molecule has 23 heavy (non-hydrogen) atoms. The molecule has 0 aromatic heterocycles. The molecular formula is C16H16N2O4Se. The van der Waals surface area contributed by atoms with Gasteiger partial charge in [-0.1, -0.05) is 0 Å². The molecule has 0 heterocycles. The van der Waals surface area contributed by atoms with E-state index in [2.05, 4.69) is 10.6 Å². The van der Waals surface area contributed by atoms with E-state index >= 15 is 0 Å². The normalized spacial score (nSPS) is 9.83. The number of hydrogen-bond donors (Lipinski definition) is 2. The Morgan fingerprint density at radius 3 is 1.39 bits per heavy atom. The third-order valence-corrected chi connectivity index (χ3v) is 3.70. The fourth-order valence-electron chi connectivity index (χ4n) is 1.69. The van der Waals surface area contributed by atoms with E-state index in [4.69, 9.17) is 7.64 Å². The SMILES string of the molecule is CC(=O)Nc1ccc(O[Se]Oc2ccc(NC(C)=O)cc2)cc1. The van der Waals surface area contributed by atoms with Crippen LogP contribution in [0.3, 0.4) is 0 Å². The summed E-state index contributed by atoms with van der Waals surface area (Å²) < 4.78 is 11.0. The first kappa shape index (κ1) is 16.9. The zero-order valence-electron chi connectivity index (χ0n) is 12.7. The van der Waals surface area contributed by atoms with Crippen molar-refractivity contribution in [2.75, 3.05) is 10.6 Å². The van der Waals surface area contributed by atoms with Gasteiger partial charge in [0.25, 0.3) is 0 Å². The number of carbonyl (C=O) groups excluding carboxylic acids is 2. The molecule has 0 bridgehead atoms. The number of carbonyl (C=O) groups is 2. The van der Waals surface area contributed by atoms with Crippen LogP contribution in [0.15, 0.2) is 48.5 Å². The minimum absolute atomic E-state index is 0.117. The van der Waals surface area contributed by atoms with Crippen molar-refractivity contribution in [3.05, 3.63) is 48.5 Å². The quantitative estimate of drug-likeness (QED) is 0.757. The van der Waals surface area contributed by atoms with Crippen LogP contribution in [0.5, 0.6) is 11.5 Å². The number of anilines is 2. The van der Waals surface area contributed by atoms with Gasteiger partial charge < -0.3 is 0 Å². The van der Waals surface area contributed by atoms with Gasteiger partial charge in [0.2, 0.25) is 0 Å². The summed E-state index contributed by atoms with van der Waals surface area (Å²) >= 11 is -0.523. The Bertz CT molecular complexity index is 612. The van der Waals surface area contributed by atoms with Crippen LogP contribution < -0.4 is 18.3 Å². The van der Waals surface area contributed by atoms with Gasteiger partial charge in [-0.05, 0) is 0 Å². The topological polar surface area (TPSA) is 76.7 Å². The van der Waals surface area contributed by atoms with Crippen molar-refractivity contribution < 1.29 is 17.2 Å². The zero-order chi connectivity index (χ0) is 16.7. The molecule has 120 valence electrons. The first-order valence-corrected chi connectivity index (χ1v) is 8.19. The number of benzene rings is 2. The van der Waals surface area contributed by atoms with Crippen molar-refractivity contribution in [3.63, 3.8) is 0 Å². The van der Waals surface area contributed by atoms with Gasteiger partial charge in [0, 0.05) is 0 Å². The molecule has 0 spiro atoms. The summed E-state index contributed by atoms with van der Waals surface area (Å²) in [6.45, 7) is 2.91. The molecule has 6 nitrogen and oxygen atoms in total. The van der Waals surface area contributed by atoms with Gasteiger partial charge in [0.15, 0.2) is 0 Å². The molecule has 0 fully saturated rings. The van der Waals surface area contributed by atoms with E-state index in [9.17, 15) is 9.59 Å². The maximum atomic E-state index is 10.9. The minimum atomic E-state index is -0.523. The van der Waals surface area contributed by atoms with Gasteiger partial charge in [-0.3, -0.25) is 0 Å². The Labute approximate surface area is 141 Å². The van der Waals surface area contributed by atoms with Crippen LogP contribution in [0, 0.1) is 0 Å². The summed E-state index contributed by atoms with van der Waals surface area (Å²) in [6.07, 6.45) is 0. The van der Waals surface area contributed by atoms with Crippen LogP contribution in [0.25, 0.3) is 0 Å². The monoisotopic (exact) mass is 380 g/mol. The Morgan fingerprint density at radius 2 is 1.09 bits per heavy atom. The van der Waals surface area contributed by atoms with E-state index in [1.54, 1.807) is 48.5 Å². The standard InChI is InChI=1S/C16H16N2O4Se/c1-11(19)17-13-3-7-15(8-4-13)21-23-22-16-9-5-14(6-10-16)18-12(2)20/h3-10H,1-2H3,(H,17,19)(H,18,20). The summed E-state index contributed by atoms with van der Waals surface area (Å²) in [5.41, 5.74) is 1.43. The second kappa shape index (κ2) is 8.22. The Hall–Kier alpha value is -2.50. The van der Waals surface area contributed by atoms with E-state index in [1.165, 1.54) is 13.8 Å². The molecule has 0 saturated carbocycles. The third kappa shape index (κ3) is 6.02. The van der Waals surface area contributed by atoms with E-state index in [0.29, 0.717) is 22.9 Å². The third-order valence-electron chi connectivity index (χ3n) is 2.61. The number of rotatable bonds is 6. The number of amides is 2. The fraction of sp³-hybridized carbons (Fsp3) is 0.125. The second-order valence-electron chi connectivity index (χ2n) is 4.65. The van der Waals surface area contributed by atoms with Crippen molar-refractivity contribution in [3.8, 4) is 11.5 Å². The molecule has 0 saturated heterocycles. The molecule has 2 N–H and O–H groups in total. The molecule has 0 radical (unpaired) electrons. The van der Waals surface area contributed by atoms with Gasteiger partial charge in [0.05, 0.1) is 0 Å². The molecule has 2 aromatic carbocycles. The summed E-state index contributed by atoms with van der Waals surface area (Å²) in [6, 6.07) is 14.1. The zero-order valence-corrected chi connectivity index (χ0v) is 14.4. The fourth-order valence-corrected chi connectivity index (χ4v) is 2.56. The van der Waals surface area contributed by atoms with Crippen LogP contribution in [-0.4, -0.2) is 27.4 Å². The van der Waals surface area contributed by atoms with Crippen molar-refractivity contribution in [1.82, 2.24) is 0 Å². The van der Waals surface area contributed by atoms with E-state index in [-0.39, 0.29) is 11.8 Å². The van der Waals surface area contributed by atoms with Gasteiger partial charge in [-0.15, -0.1) is 0 Å².